The number of aromatic nitrogens is 4. The molecule has 1 fully saturated rings. The highest BCUT2D eigenvalue weighted by Crippen LogP contribution is 2.27. The minimum Gasteiger partial charge on any atom is -0.388 e. The van der Waals surface area contributed by atoms with Crippen molar-refractivity contribution in [2.75, 3.05) is 6.61 Å². The molecule has 0 aliphatic carbocycles. The molecule has 10 heteroatoms. The number of fused-ring (bicyclic) bond motifs is 1. The van der Waals surface area contributed by atoms with Crippen molar-refractivity contribution >= 4 is 11.2 Å². The molecular weight excluding hydrogens is 272 g/mol. The lowest BCUT2D eigenvalue weighted by molar-refractivity contribution is -0.191. The predicted molar refractivity (Wildman–Crippen MR) is 64.0 cm³/mol. The molecule has 108 valence electrons. The molecule has 3 heterocycles. The summed E-state index contributed by atoms with van der Waals surface area (Å²) in [7, 11) is 0. The SMILES string of the molecule is O=c1[nH]c(=O)c2[nH]c([C@@H]3OC[C@@H](O)[C@@H](O)[C@H]3O)nc2[nH]1. The van der Waals surface area contributed by atoms with Gasteiger partial charge in [-0.05, 0) is 0 Å². The summed E-state index contributed by atoms with van der Waals surface area (Å²) in [6, 6.07) is 0. The fourth-order valence-corrected chi connectivity index (χ4v) is 2.13. The molecule has 3 rings (SSSR count). The Kier molecular flexibility index (Phi) is 2.94. The van der Waals surface area contributed by atoms with Gasteiger partial charge < -0.3 is 25.0 Å². The zero-order chi connectivity index (χ0) is 14.4. The van der Waals surface area contributed by atoms with Crippen LogP contribution < -0.4 is 11.2 Å². The molecule has 6 N–H and O–H groups in total. The molecule has 0 bridgehead atoms. The van der Waals surface area contributed by atoms with Crippen LogP contribution in [0.1, 0.15) is 11.9 Å². The standard InChI is InChI=1S/C10H12N4O6/c15-2-1-20-6(5(17)4(2)16)8-11-3-7(12-8)13-10(19)14-9(3)18/h2,4-6,15-17H,1H2,(H3,11,12,13,14,18,19)/t2-,4-,5-,6-/m1/s1. The molecule has 0 unspecified atom stereocenters. The van der Waals surface area contributed by atoms with Crippen LogP contribution in [0, 0.1) is 0 Å². The van der Waals surface area contributed by atoms with E-state index in [9.17, 15) is 24.9 Å². The molecule has 0 saturated carbocycles. The fraction of sp³-hybridized carbons (Fsp3) is 0.500. The summed E-state index contributed by atoms with van der Waals surface area (Å²) in [6.07, 6.45) is -5.04. The molecular formula is C10H12N4O6. The van der Waals surface area contributed by atoms with Gasteiger partial charge in [0.25, 0.3) is 5.56 Å². The summed E-state index contributed by atoms with van der Waals surface area (Å²) in [4.78, 5) is 33.6. The van der Waals surface area contributed by atoms with Gasteiger partial charge in [0.1, 0.15) is 35.8 Å². The summed E-state index contributed by atoms with van der Waals surface area (Å²) in [5.74, 6) is 0.0748. The van der Waals surface area contributed by atoms with Crippen molar-refractivity contribution in [3.63, 3.8) is 0 Å². The molecule has 10 nitrogen and oxygen atoms in total. The van der Waals surface area contributed by atoms with E-state index in [2.05, 4.69) is 15.0 Å². The zero-order valence-corrected chi connectivity index (χ0v) is 10.0. The van der Waals surface area contributed by atoms with E-state index >= 15 is 0 Å². The van der Waals surface area contributed by atoms with Gasteiger partial charge in [0.05, 0.1) is 6.61 Å². The van der Waals surface area contributed by atoms with Crippen molar-refractivity contribution in [3.05, 3.63) is 26.7 Å². The van der Waals surface area contributed by atoms with E-state index in [0.717, 1.165) is 0 Å². The summed E-state index contributed by atoms with van der Waals surface area (Å²) in [6.45, 7) is -0.188. The van der Waals surface area contributed by atoms with Crippen molar-refractivity contribution in [1.82, 2.24) is 19.9 Å². The number of aromatic amines is 3. The predicted octanol–water partition coefficient (Wildman–Crippen LogP) is -2.91. The Bertz CT molecular complexity index is 748. The molecule has 0 amide bonds. The normalized spacial score (nSPS) is 30.8. The highest BCUT2D eigenvalue weighted by atomic mass is 16.5. The van der Waals surface area contributed by atoms with Gasteiger partial charge in [0, 0.05) is 0 Å². The number of nitrogens with one attached hydrogen (secondary N) is 3. The topological polar surface area (TPSA) is 164 Å². The van der Waals surface area contributed by atoms with Gasteiger partial charge in [-0.3, -0.25) is 14.8 Å². The number of hydrogen-bond donors (Lipinski definition) is 6. The molecule has 4 atom stereocenters. The van der Waals surface area contributed by atoms with Crippen LogP contribution in [0.4, 0.5) is 0 Å². The van der Waals surface area contributed by atoms with Crippen LogP contribution in [-0.4, -0.2) is 60.2 Å². The Morgan fingerprint density at radius 2 is 1.85 bits per heavy atom. The quantitative estimate of drug-likeness (QED) is 0.326. The van der Waals surface area contributed by atoms with E-state index in [4.69, 9.17) is 4.74 Å². The first-order chi connectivity index (χ1) is 9.47. The van der Waals surface area contributed by atoms with Crippen LogP contribution in [0.3, 0.4) is 0 Å². The van der Waals surface area contributed by atoms with Crippen LogP contribution in [0.25, 0.3) is 11.2 Å². The molecule has 1 saturated heterocycles. The number of rotatable bonds is 1. The van der Waals surface area contributed by atoms with E-state index in [1.165, 1.54) is 0 Å². The van der Waals surface area contributed by atoms with Gasteiger partial charge in [-0.15, -0.1) is 0 Å². The number of hydrogen-bond acceptors (Lipinski definition) is 7. The molecule has 0 spiro atoms. The van der Waals surface area contributed by atoms with Crippen LogP contribution in [0.15, 0.2) is 9.59 Å². The Morgan fingerprint density at radius 1 is 1.10 bits per heavy atom. The Balaban J connectivity index is 2.05. The van der Waals surface area contributed by atoms with Crippen molar-refractivity contribution in [3.8, 4) is 0 Å². The van der Waals surface area contributed by atoms with Gasteiger partial charge in [-0.2, -0.15) is 0 Å². The lowest BCUT2D eigenvalue weighted by Crippen LogP contribution is -2.49. The number of nitrogens with zero attached hydrogens (tertiary/aromatic N) is 1. The van der Waals surface area contributed by atoms with Crippen LogP contribution in [0.2, 0.25) is 0 Å². The van der Waals surface area contributed by atoms with Crippen molar-refractivity contribution in [1.29, 1.82) is 0 Å². The highest BCUT2D eigenvalue weighted by molar-refractivity contribution is 5.68. The van der Waals surface area contributed by atoms with Gasteiger partial charge in [-0.25, -0.2) is 9.78 Å². The molecule has 1 aliphatic rings. The second-order valence-corrected chi connectivity index (χ2v) is 4.56. The van der Waals surface area contributed by atoms with Crippen molar-refractivity contribution < 1.29 is 20.1 Å². The Morgan fingerprint density at radius 3 is 2.60 bits per heavy atom. The smallest absolute Gasteiger partial charge is 0.327 e. The van der Waals surface area contributed by atoms with Crippen LogP contribution in [-0.2, 0) is 4.74 Å². The maximum absolute atomic E-state index is 11.6. The van der Waals surface area contributed by atoms with Gasteiger partial charge in [-0.1, -0.05) is 0 Å². The van der Waals surface area contributed by atoms with E-state index in [1.54, 1.807) is 0 Å². The highest BCUT2D eigenvalue weighted by Gasteiger charge is 2.40. The summed E-state index contributed by atoms with van der Waals surface area (Å²) in [5, 5.41) is 28.8. The van der Waals surface area contributed by atoms with E-state index < -0.39 is 35.7 Å². The van der Waals surface area contributed by atoms with Crippen LogP contribution >= 0.6 is 0 Å². The van der Waals surface area contributed by atoms with Crippen molar-refractivity contribution in [2.45, 2.75) is 24.4 Å². The third kappa shape index (κ3) is 1.94. The van der Waals surface area contributed by atoms with Gasteiger partial charge in [0.15, 0.2) is 5.65 Å². The summed E-state index contributed by atoms with van der Waals surface area (Å²) >= 11 is 0. The first-order valence-corrected chi connectivity index (χ1v) is 5.85. The summed E-state index contributed by atoms with van der Waals surface area (Å²) < 4.78 is 5.20. The molecule has 0 radical (unpaired) electrons. The maximum atomic E-state index is 11.6. The largest absolute Gasteiger partial charge is 0.388 e. The minimum absolute atomic E-state index is 0.0187. The molecule has 1 aliphatic heterocycles. The zero-order valence-electron chi connectivity index (χ0n) is 10.0. The third-order valence-corrected chi connectivity index (χ3v) is 3.18. The van der Waals surface area contributed by atoms with E-state index in [-0.39, 0.29) is 23.6 Å². The number of aliphatic hydroxyl groups is 3. The lowest BCUT2D eigenvalue weighted by atomic mass is 10.00. The number of ether oxygens (including phenoxy) is 1. The minimum atomic E-state index is -1.41. The lowest BCUT2D eigenvalue weighted by Gasteiger charge is -2.34. The fourth-order valence-electron chi connectivity index (χ4n) is 2.13. The monoisotopic (exact) mass is 284 g/mol. The maximum Gasteiger partial charge on any atom is 0.327 e. The van der Waals surface area contributed by atoms with Crippen molar-refractivity contribution in [2.24, 2.45) is 0 Å². The Hall–Kier alpha value is -2.01. The van der Waals surface area contributed by atoms with Crippen LogP contribution in [0.5, 0.6) is 0 Å². The first kappa shape index (κ1) is 13.0. The Labute approximate surface area is 110 Å². The number of imidazole rings is 1. The molecule has 2 aromatic rings. The first-order valence-electron chi connectivity index (χ1n) is 5.85. The second-order valence-electron chi connectivity index (χ2n) is 4.56. The summed E-state index contributed by atoms with van der Waals surface area (Å²) in [5.41, 5.74) is -1.32. The molecule has 0 aromatic carbocycles. The van der Waals surface area contributed by atoms with E-state index in [1.807, 2.05) is 4.98 Å². The average Bonchev–Trinajstić information content (AvgIpc) is 2.80. The molecule has 20 heavy (non-hydrogen) atoms. The van der Waals surface area contributed by atoms with E-state index in [0.29, 0.717) is 0 Å². The number of H-pyrrole nitrogens is 3. The average molecular weight is 284 g/mol. The number of aliphatic hydroxyl groups excluding tert-OH is 3. The van der Waals surface area contributed by atoms with Gasteiger partial charge >= 0.3 is 5.69 Å². The van der Waals surface area contributed by atoms with Gasteiger partial charge in [0.2, 0.25) is 0 Å². The third-order valence-electron chi connectivity index (χ3n) is 3.18. The second kappa shape index (κ2) is 4.52. The molecule has 2 aromatic heterocycles.